The molecule has 0 bridgehead atoms. The van der Waals surface area contributed by atoms with Gasteiger partial charge in [-0.05, 0) is 54.1 Å². The third-order valence-corrected chi connectivity index (χ3v) is 4.39. The first-order valence-corrected chi connectivity index (χ1v) is 7.18. The zero-order chi connectivity index (χ0) is 13.1. The molecular formula is C13H16BrClN2O. The van der Waals surface area contributed by atoms with Gasteiger partial charge in [-0.25, -0.2) is 0 Å². The highest BCUT2D eigenvalue weighted by Gasteiger charge is 2.19. The lowest BCUT2D eigenvalue weighted by atomic mass is 10.2. The molecule has 18 heavy (non-hydrogen) atoms. The van der Waals surface area contributed by atoms with Crippen molar-refractivity contribution in [1.82, 2.24) is 9.80 Å². The van der Waals surface area contributed by atoms with Crippen molar-refractivity contribution in [3.8, 4) is 0 Å². The van der Waals surface area contributed by atoms with E-state index in [9.17, 15) is 4.79 Å². The number of amides is 1. The van der Waals surface area contributed by atoms with Gasteiger partial charge in [0.25, 0.3) is 5.91 Å². The van der Waals surface area contributed by atoms with E-state index in [2.05, 4.69) is 27.9 Å². The number of halogens is 2. The standard InChI is InChI=1S/C13H16BrClN2O/c1-16-5-2-6-17(8-7-16)13(18)10-3-4-12(15)11(14)9-10/h3-4,9H,2,5-8H2,1H3. The van der Waals surface area contributed by atoms with Crippen LogP contribution in [0.25, 0.3) is 0 Å². The Balaban J connectivity index is 2.12. The molecule has 1 aromatic rings. The first kappa shape index (κ1) is 13.8. The Morgan fingerprint density at radius 2 is 2.06 bits per heavy atom. The zero-order valence-electron chi connectivity index (χ0n) is 10.3. The van der Waals surface area contributed by atoms with Gasteiger partial charge in [0.15, 0.2) is 0 Å². The normalized spacial score (nSPS) is 17.6. The number of carbonyl (C=O) groups excluding carboxylic acids is 1. The van der Waals surface area contributed by atoms with E-state index in [0.29, 0.717) is 10.6 Å². The molecule has 1 heterocycles. The van der Waals surface area contributed by atoms with Crippen molar-refractivity contribution in [2.45, 2.75) is 6.42 Å². The summed E-state index contributed by atoms with van der Waals surface area (Å²) in [6.45, 7) is 3.59. The van der Waals surface area contributed by atoms with Crippen LogP contribution in [-0.4, -0.2) is 48.9 Å². The monoisotopic (exact) mass is 330 g/mol. The maximum absolute atomic E-state index is 12.4. The van der Waals surface area contributed by atoms with Crippen LogP contribution >= 0.6 is 27.5 Å². The molecule has 1 aliphatic heterocycles. The average Bonchev–Trinajstić information content (AvgIpc) is 2.57. The van der Waals surface area contributed by atoms with E-state index in [-0.39, 0.29) is 5.91 Å². The Kier molecular flexibility index (Phi) is 4.65. The minimum absolute atomic E-state index is 0.0858. The van der Waals surface area contributed by atoms with Gasteiger partial charge in [0, 0.05) is 29.7 Å². The summed E-state index contributed by atoms with van der Waals surface area (Å²) in [4.78, 5) is 16.5. The molecule has 2 rings (SSSR count). The number of likely N-dealkylation sites (N-methyl/N-ethyl adjacent to an activating group) is 1. The summed E-state index contributed by atoms with van der Waals surface area (Å²) in [5.41, 5.74) is 0.691. The molecule has 0 aromatic heterocycles. The van der Waals surface area contributed by atoms with Crippen molar-refractivity contribution in [3.05, 3.63) is 33.3 Å². The second-order valence-corrected chi connectivity index (χ2v) is 5.84. The van der Waals surface area contributed by atoms with Gasteiger partial charge in [-0.3, -0.25) is 4.79 Å². The number of nitrogens with zero attached hydrogens (tertiary/aromatic N) is 2. The molecule has 3 nitrogen and oxygen atoms in total. The first-order chi connectivity index (χ1) is 8.58. The van der Waals surface area contributed by atoms with E-state index < -0.39 is 0 Å². The summed E-state index contributed by atoms with van der Waals surface area (Å²) in [6, 6.07) is 5.33. The van der Waals surface area contributed by atoms with Gasteiger partial charge in [-0.2, -0.15) is 0 Å². The molecule has 98 valence electrons. The van der Waals surface area contributed by atoms with Crippen LogP contribution in [0.2, 0.25) is 5.02 Å². The first-order valence-electron chi connectivity index (χ1n) is 6.01. The fourth-order valence-electron chi connectivity index (χ4n) is 2.06. The average molecular weight is 332 g/mol. The molecule has 5 heteroatoms. The van der Waals surface area contributed by atoms with Crippen molar-refractivity contribution in [2.24, 2.45) is 0 Å². The maximum Gasteiger partial charge on any atom is 0.253 e. The second-order valence-electron chi connectivity index (χ2n) is 4.58. The lowest BCUT2D eigenvalue weighted by molar-refractivity contribution is 0.0763. The molecule has 0 saturated carbocycles. The maximum atomic E-state index is 12.4. The Bertz CT molecular complexity index is 453. The fraction of sp³-hybridized carbons (Fsp3) is 0.462. The van der Waals surface area contributed by atoms with Crippen LogP contribution < -0.4 is 0 Å². The third kappa shape index (κ3) is 3.25. The SMILES string of the molecule is CN1CCCN(C(=O)c2ccc(Cl)c(Br)c2)CC1. The van der Waals surface area contributed by atoms with Gasteiger partial charge >= 0.3 is 0 Å². The molecular weight excluding hydrogens is 316 g/mol. The summed E-state index contributed by atoms with van der Waals surface area (Å²) < 4.78 is 0.766. The summed E-state index contributed by atoms with van der Waals surface area (Å²) in [6.07, 6.45) is 1.02. The molecule has 1 fully saturated rings. The highest BCUT2D eigenvalue weighted by molar-refractivity contribution is 9.10. The summed E-state index contributed by atoms with van der Waals surface area (Å²) in [5.74, 6) is 0.0858. The summed E-state index contributed by atoms with van der Waals surface area (Å²) in [7, 11) is 2.09. The van der Waals surface area contributed by atoms with Crippen LogP contribution in [0.3, 0.4) is 0 Å². The van der Waals surface area contributed by atoms with Crippen LogP contribution in [0.4, 0.5) is 0 Å². The second kappa shape index (κ2) is 6.04. The third-order valence-electron chi connectivity index (χ3n) is 3.17. The Morgan fingerprint density at radius 1 is 1.28 bits per heavy atom. The molecule has 0 radical (unpaired) electrons. The molecule has 0 atom stereocenters. The van der Waals surface area contributed by atoms with Gasteiger partial charge in [-0.1, -0.05) is 11.6 Å². The highest BCUT2D eigenvalue weighted by Crippen LogP contribution is 2.24. The van der Waals surface area contributed by atoms with E-state index in [1.54, 1.807) is 18.2 Å². The molecule has 1 aliphatic rings. The van der Waals surface area contributed by atoms with Crippen molar-refractivity contribution < 1.29 is 4.79 Å². The molecule has 1 aromatic carbocycles. The molecule has 1 saturated heterocycles. The zero-order valence-corrected chi connectivity index (χ0v) is 12.7. The number of rotatable bonds is 1. The van der Waals surface area contributed by atoms with Crippen molar-refractivity contribution in [2.75, 3.05) is 33.2 Å². The minimum Gasteiger partial charge on any atom is -0.337 e. The minimum atomic E-state index is 0.0858. The smallest absolute Gasteiger partial charge is 0.253 e. The van der Waals surface area contributed by atoms with Crippen LogP contribution in [0.15, 0.2) is 22.7 Å². The lowest BCUT2D eigenvalue weighted by Gasteiger charge is -2.20. The largest absolute Gasteiger partial charge is 0.337 e. The van der Waals surface area contributed by atoms with E-state index in [1.165, 1.54) is 0 Å². The molecule has 0 unspecified atom stereocenters. The van der Waals surface area contributed by atoms with Gasteiger partial charge in [0.2, 0.25) is 0 Å². The summed E-state index contributed by atoms with van der Waals surface area (Å²) in [5, 5.41) is 0.627. The van der Waals surface area contributed by atoms with Crippen molar-refractivity contribution in [3.63, 3.8) is 0 Å². The number of hydrogen-bond acceptors (Lipinski definition) is 2. The number of carbonyl (C=O) groups is 1. The number of benzene rings is 1. The Hall–Kier alpha value is -0.580. The van der Waals surface area contributed by atoms with Gasteiger partial charge in [0.05, 0.1) is 5.02 Å². The Labute approximate surface area is 121 Å². The highest BCUT2D eigenvalue weighted by atomic mass is 79.9. The van der Waals surface area contributed by atoms with Crippen LogP contribution in [0.5, 0.6) is 0 Å². The topological polar surface area (TPSA) is 23.6 Å². The predicted octanol–water partition coefficient (Wildman–Crippen LogP) is 2.88. The molecule has 1 amide bonds. The van der Waals surface area contributed by atoms with Gasteiger partial charge < -0.3 is 9.80 Å². The lowest BCUT2D eigenvalue weighted by Crippen LogP contribution is -2.34. The molecule has 0 spiro atoms. The van der Waals surface area contributed by atoms with E-state index in [4.69, 9.17) is 11.6 Å². The van der Waals surface area contributed by atoms with Crippen molar-refractivity contribution >= 4 is 33.4 Å². The van der Waals surface area contributed by atoms with Crippen molar-refractivity contribution in [1.29, 1.82) is 0 Å². The summed E-state index contributed by atoms with van der Waals surface area (Å²) >= 11 is 9.29. The van der Waals surface area contributed by atoms with E-state index in [1.807, 2.05) is 4.90 Å². The molecule has 0 aliphatic carbocycles. The fourth-order valence-corrected chi connectivity index (χ4v) is 2.56. The molecule has 0 N–H and O–H groups in total. The van der Waals surface area contributed by atoms with Crippen LogP contribution in [-0.2, 0) is 0 Å². The number of hydrogen-bond donors (Lipinski definition) is 0. The van der Waals surface area contributed by atoms with Crippen LogP contribution in [0, 0.1) is 0 Å². The Morgan fingerprint density at radius 3 is 2.78 bits per heavy atom. The van der Waals surface area contributed by atoms with E-state index >= 15 is 0 Å². The predicted molar refractivity (Wildman–Crippen MR) is 77.2 cm³/mol. The quantitative estimate of drug-likeness (QED) is 0.790. The van der Waals surface area contributed by atoms with Crippen LogP contribution in [0.1, 0.15) is 16.8 Å². The van der Waals surface area contributed by atoms with Gasteiger partial charge in [0.1, 0.15) is 0 Å². The van der Waals surface area contributed by atoms with Gasteiger partial charge in [-0.15, -0.1) is 0 Å². The van der Waals surface area contributed by atoms with E-state index in [0.717, 1.165) is 37.1 Å².